The molecule has 3 rings (SSSR count). The monoisotopic (exact) mass is 337 g/mol. The van der Waals surface area contributed by atoms with E-state index in [-0.39, 0.29) is 6.61 Å². The van der Waals surface area contributed by atoms with E-state index in [1.54, 1.807) is 0 Å². The summed E-state index contributed by atoms with van der Waals surface area (Å²) in [6.45, 7) is 2.09. The molecule has 0 spiro atoms. The quantitative estimate of drug-likeness (QED) is 0.900. The topological polar surface area (TPSA) is 79.8 Å². The van der Waals surface area contributed by atoms with Crippen LogP contribution >= 0.6 is 0 Å². The fourth-order valence-electron chi connectivity index (χ4n) is 2.58. The molecule has 0 bridgehead atoms. The molecule has 1 unspecified atom stereocenters. The number of nitrogens with zero attached hydrogens (tertiary/aromatic N) is 1. The van der Waals surface area contributed by atoms with Gasteiger partial charge in [-0.15, -0.1) is 0 Å². The van der Waals surface area contributed by atoms with Crippen LogP contribution < -0.4 is 10.6 Å². The summed E-state index contributed by atoms with van der Waals surface area (Å²) in [5.41, 5.74) is 3.17. The summed E-state index contributed by atoms with van der Waals surface area (Å²) in [7, 11) is 0. The van der Waals surface area contributed by atoms with Gasteiger partial charge < -0.3 is 10.1 Å². The highest BCUT2D eigenvalue weighted by Gasteiger charge is 2.26. The van der Waals surface area contributed by atoms with Gasteiger partial charge >= 0.3 is 6.09 Å². The Kier molecular flexibility index (Phi) is 5.09. The Morgan fingerprint density at radius 2 is 1.88 bits per heavy atom. The molecule has 0 saturated heterocycles. The maximum Gasteiger partial charge on any atom is 0.409 e. The molecule has 1 atom stereocenters. The third-order valence-corrected chi connectivity index (χ3v) is 3.83. The summed E-state index contributed by atoms with van der Waals surface area (Å²) in [4.78, 5) is 28.8. The van der Waals surface area contributed by atoms with E-state index < -0.39 is 18.2 Å². The number of nitrogens with one attached hydrogen (secondary N) is 2. The average molecular weight is 337 g/mol. The predicted molar refractivity (Wildman–Crippen MR) is 95.5 cm³/mol. The highest BCUT2D eigenvalue weighted by molar-refractivity contribution is 6.12. The van der Waals surface area contributed by atoms with Crippen LogP contribution in [0.25, 0.3) is 0 Å². The molecule has 2 amide bonds. The van der Waals surface area contributed by atoms with E-state index in [4.69, 9.17) is 4.74 Å². The van der Waals surface area contributed by atoms with Crippen molar-refractivity contribution < 1.29 is 14.3 Å². The number of amides is 2. The second-order valence-electron chi connectivity index (χ2n) is 5.57. The molecule has 0 fully saturated rings. The Hall–Kier alpha value is -3.15. The van der Waals surface area contributed by atoms with Crippen molar-refractivity contribution in [3.8, 4) is 0 Å². The molecular weight excluding hydrogens is 318 g/mol. The lowest BCUT2D eigenvalue weighted by molar-refractivity contribution is -0.117. The second-order valence-corrected chi connectivity index (χ2v) is 5.57. The minimum atomic E-state index is -1.02. The summed E-state index contributed by atoms with van der Waals surface area (Å²) in [5, 5.41) is 5.31. The number of carbonyl (C=O) groups excluding carboxylic acids is 2. The molecule has 6 heteroatoms. The van der Waals surface area contributed by atoms with Gasteiger partial charge in [-0.2, -0.15) is 0 Å². The van der Waals surface area contributed by atoms with Crippen LogP contribution in [0.4, 0.5) is 10.5 Å². The lowest BCUT2D eigenvalue weighted by atomic mass is 10.1. The van der Waals surface area contributed by atoms with Crippen molar-refractivity contribution in [2.24, 2.45) is 4.99 Å². The van der Waals surface area contributed by atoms with Gasteiger partial charge in [0.05, 0.1) is 0 Å². The van der Waals surface area contributed by atoms with Crippen molar-refractivity contribution in [3.63, 3.8) is 0 Å². The molecule has 2 N–H and O–H groups in total. The summed E-state index contributed by atoms with van der Waals surface area (Å²) < 4.78 is 5.17. The standard InChI is InChI=1S/C19H19N3O3/c1-2-15-14-10-6-7-11-16(14)21-18(23)17(20-15)22-19(24)25-12-13-8-4-3-5-9-13/h3-11,17H,2,12H2,1H3,(H,21,23)(H,22,24). The van der Waals surface area contributed by atoms with Gasteiger partial charge in [0.15, 0.2) is 0 Å². The molecule has 0 aliphatic carbocycles. The van der Waals surface area contributed by atoms with Crippen LogP contribution in [-0.2, 0) is 16.1 Å². The third kappa shape index (κ3) is 4.03. The van der Waals surface area contributed by atoms with E-state index in [2.05, 4.69) is 15.6 Å². The Morgan fingerprint density at radius 1 is 1.16 bits per heavy atom. The summed E-state index contributed by atoms with van der Waals surface area (Å²) >= 11 is 0. The largest absolute Gasteiger partial charge is 0.445 e. The number of benzodiazepines with no additional fused rings is 1. The Morgan fingerprint density at radius 3 is 2.64 bits per heavy atom. The Balaban J connectivity index is 1.69. The van der Waals surface area contributed by atoms with E-state index in [0.29, 0.717) is 12.1 Å². The molecule has 2 aromatic rings. The van der Waals surface area contributed by atoms with Crippen molar-refractivity contribution in [1.29, 1.82) is 0 Å². The maximum atomic E-state index is 12.4. The third-order valence-electron chi connectivity index (χ3n) is 3.83. The number of rotatable bonds is 4. The lowest BCUT2D eigenvalue weighted by Crippen LogP contribution is -2.42. The molecule has 1 aliphatic rings. The van der Waals surface area contributed by atoms with Crippen LogP contribution in [0, 0.1) is 0 Å². The van der Waals surface area contributed by atoms with Gasteiger partial charge in [-0.3, -0.25) is 15.1 Å². The number of benzene rings is 2. The number of carbonyl (C=O) groups is 2. The highest BCUT2D eigenvalue weighted by atomic mass is 16.5. The van der Waals surface area contributed by atoms with Crippen molar-refractivity contribution in [2.75, 3.05) is 5.32 Å². The van der Waals surface area contributed by atoms with Gasteiger partial charge in [0.2, 0.25) is 6.17 Å². The van der Waals surface area contributed by atoms with Gasteiger partial charge in [0, 0.05) is 17.0 Å². The fourth-order valence-corrected chi connectivity index (χ4v) is 2.58. The molecule has 1 aliphatic heterocycles. The van der Waals surface area contributed by atoms with Crippen molar-refractivity contribution >= 4 is 23.4 Å². The molecule has 0 radical (unpaired) electrons. The average Bonchev–Trinajstić information content (AvgIpc) is 2.77. The number of anilines is 1. The zero-order valence-electron chi connectivity index (χ0n) is 13.9. The van der Waals surface area contributed by atoms with Gasteiger partial charge in [-0.25, -0.2) is 4.79 Å². The number of hydrogen-bond donors (Lipinski definition) is 2. The van der Waals surface area contributed by atoms with E-state index in [9.17, 15) is 9.59 Å². The predicted octanol–water partition coefficient (Wildman–Crippen LogP) is 3.09. The van der Waals surface area contributed by atoms with Gasteiger partial charge in [-0.05, 0) is 18.1 Å². The number of hydrogen-bond acceptors (Lipinski definition) is 4. The van der Waals surface area contributed by atoms with Crippen LogP contribution in [0.2, 0.25) is 0 Å². The zero-order chi connectivity index (χ0) is 17.6. The van der Waals surface area contributed by atoms with Crippen LogP contribution in [0.1, 0.15) is 24.5 Å². The van der Waals surface area contributed by atoms with Gasteiger partial charge in [0.25, 0.3) is 5.91 Å². The maximum absolute atomic E-state index is 12.4. The molecule has 0 aromatic heterocycles. The first-order valence-electron chi connectivity index (χ1n) is 8.11. The minimum absolute atomic E-state index is 0.131. The van der Waals surface area contributed by atoms with E-state index >= 15 is 0 Å². The van der Waals surface area contributed by atoms with E-state index in [0.717, 1.165) is 16.8 Å². The summed E-state index contributed by atoms with van der Waals surface area (Å²) in [6.07, 6.45) is -1.07. The normalized spacial score (nSPS) is 16.1. The highest BCUT2D eigenvalue weighted by Crippen LogP contribution is 2.21. The van der Waals surface area contributed by atoms with Gasteiger partial charge in [-0.1, -0.05) is 55.5 Å². The second kappa shape index (κ2) is 7.61. The molecule has 1 heterocycles. The number of alkyl carbamates (subject to hydrolysis) is 1. The Bertz CT molecular complexity index is 803. The fraction of sp³-hybridized carbons (Fsp3) is 0.211. The summed E-state index contributed by atoms with van der Waals surface area (Å²) in [5.74, 6) is -0.396. The molecule has 0 saturated carbocycles. The van der Waals surface area contributed by atoms with Gasteiger partial charge in [0.1, 0.15) is 6.61 Å². The molecular formula is C19H19N3O3. The number of fused-ring (bicyclic) bond motifs is 1. The first-order valence-corrected chi connectivity index (χ1v) is 8.11. The smallest absolute Gasteiger partial charge is 0.409 e. The van der Waals surface area contributed by atoms with Crippen molar-refractivity contribution in [2.45, 2.75) is 26.1 Å². The van der Waals surface area contributed by atoms with Crippen LogP contribution in [0.3, 0.4) is 0 Å². The number of para-hydroxylation sites is 1. The molecule has 128 valence electrons. The Labute approximate surface area is 145 Å². The number of ether oxygens (including phenoxy) is 1. The first-order chi connectivity index (χ1) is 12.2. The molecule has 25 heavy (non-hydrogen) atoms. The first kappa shape index (κ1) is 16.7. The van der Waals surface area contributed by atoms with E-state index in [1.165, 1.54) is 0 Å². The van der Waals surface area contributed by atoms with Crippen LogP contribution in [0.5, 0.6) is 0 Å². The molecule has 6 nitrogen and oxygen atoms in total. The molecule has 2 aromatic carbocycles. The van der Waals surface area contributed by atoms with Crippen molar-refractivity contribution in [3.05, 3.63) is 65.7 Å². The summed E-state index contributed by atoms with van der Waals surface area (Å²) in [6, 6.07) is 16.8. The van der Waals surface area contributed by atoms with E-state index in [1.807, 2.05) is 61.5 Å². The SMILES string of the molecule is CCC1=NC(NC(=O)OCc2ccccc2)C(=O)Nc2ccccc21. The zero-order valence-corrected chi connectivity index (χ0v) is 13.9. The van der Waals surface area contributed by atoms with Crippen LogP contribution in [0.15, 0.2) is 59.6 Å². The van der Waals surface area contributed by atoms with Crippen LogP contribution in [-0.4, -0.2) is 23.9 Å². The van der Waals surface area contributed by atoms with Crippen molar-refractivity contribution in [1.82, 2.24) is 5.32 Å². The number of aliphatic imine (C=N–C) groups is 1. The minimum Gasteiger partial charge on any atom is -0.445 e. The lowest BCUT2D eigenvalue weighted by Gasteiger charge is -2.13.